The molecule has 0 radical (unpaired) electrons. The Kier molecular flexibility index (Phi) is 3.79. The summed E-state index contributed by atoms with van der Waals surface area (Å²) in [5, 5.41) is 12.5. The lowest BCUT2D eigenvalue weighted by atomic mass is 10.0. The van der Waals surface area contributed by atoms with Crippen molar-refractivity contribution in [1.29, 1.82) is 0 Å². The Labute approximate surface area is 102 Å². The van der Waals surface area contributed by atoms with Gasteiger partial charge in [0.15, 0.2) is 0 Å². The van der Waals surface area contributed by atoms with Crippen molar-refractivity contribution in [3.63, 3.8) is 0 Å². The number of hydrogen-bond acceptors (Lipinski definition) is 2. The molecule has 3 nitrogen and oxygen atoms in total. The summed E-state index contributed by atoms with van der Waals surface area (Å²) in [6, 6.07) is 9.68. The molecule has 1 aromatic rings. The predicted molar refractivity (Wildman–Crippen MR) is 66.6 cm³/mol. The first kappa shape index (κ1) is 12.1. The van der Waals surface area contributed by atoms with E-state index in [0.717, 1.165) is 18.4 Å². The van der Waals surface area contributed by atoms with E-state index in [-0.39, 0.29) is 17.9 Å². The van der Waals surface area contributed by atoms with Gasteiger partial charge < -0.3 is 10.4 Å². The van der Waals surface area contributed by atoms with Crippen LogP contribution in [0.1, 0.15) is 31.2 Å². The normalized spacial score (nSPS) is 18.5. The van der Waals surface area contributed by atoms with Crippen molar-refractivity contribution >= 4 is 5.91 Å². The fourth-order valence-corrected chi connectivity index (χ4v) is 1.90. The summed E-state index contributed by atoms with van der Waals surface area (Å²) in [6.45, 7) is 2.26. The van der Waals surface area contributed by atoms with Crippen molar-refractivity contribution < 1.29 is 9.90 Å². The topological polar surface area (TPSA) is 49.3 Å². The largest absolute Gasteiger partial charge is 0.391 e. The monoisotopic (exact) mass is 233 g/mol. The van der Waals surface area contributed by atoms with E-state index >= 15 is 0 Å². The number of hydrogen-bond donors (Lipinski definition) is 2. The van der Waals surface area contributed by atoms with Gasteiger partial charge in [0, 0.05) is 6.54 Å². The smallest absolute Gasteiger partial charge is 0.227 e. The Morgan fingerprint density at radius 2 is 2.06 bits per heavy atom. The molecule has 2 N–H and O–H groups in total. The zero-order valence-electron chi connectivity index (χ0n) is 10.1. The van der Waals surface area contributed by atoms with Gasteiger partial charge >= 0.3 is 0 Å². The van der Waals surface area contributed by atoms with Gasteiger partial charge in [-0.25, -0.2) is 0 Å². The van der Waals surface area contributed by atoms with Gasteiger partial charge in [0.25, 0.3) is 0 Å². The molecule has 0 aromatic heterocycles. The van der Waals surface area contributed by atoms with Gasteiger partial charge in [-0.3, -0.25) is 4.79 Å². The molecule has 0 unspecified atom stereocenters. The molecule has 1 amide bonds. The third-order valence-electron chi connectivity index (χ3n) is 3.34. The van der Waals surface area contributed by atoms with Gasteiger partial charge in [-0.05, 0) is 31.2 Å². The fraction of sp³-hybridized carbons (Fsp3) is 0.500. The highest BCUT2D eigenvalue weighted by Crippen LogP contribution is 2.32. The minimum Gasteiger partial charge on any atom is -0.391 e. The summed E-state index contributed by atoms with van der Waals surface area (Å²) < 4.78 is 0. The zero-order chi connectivity index (χ0) is 12.3. The second-order valence-electron chi connectivity index (χ2n) is 4.78. The lowest BCUT2D eigenvalue weighted by Crippen LogP contribution is -2.35. The summed E-state index contributed by atoms with van der Waals surface area (Å²) in [5.74, 6) is 0.223. The number of aliphatic hydroxyl groups is 1. The Hall–Kier alpha value is -1.35. The molecule has 0 spiro atoms. The number of rotatable bonds is 5. The van der Waals surface area contributed by atoms with Crippen LogP contribution in [0.25, 0.3) is 0 Å². The molecule has 17 heavy (non-hydrogen) atoms. The summed E-state index contributed by atoms with van der Waals surface area (Å²) >= 11 is 0. The van der Waals surface area contributed by atoms with Crippen molar-refractivity contribution in [2.24, 2.45) is 5.92 Å². The summed E-state index contributed by atoms with van der Waals surface area (Å²) in [4.78, 5) is 11.9. The molecule has 0 aliphatic heterocycles. The summed E-state index contributed by atoms with van der Waals surface area (Å²) in [6.07, 6.45) is 1.80. The van der Waals surface area contributed by atoms with Crippen molar-refractivity contribution in [3.05, 3.63) is 35.9 Å². The van der Waals surface area contributed by atoms with E-state index in [9.17, 15) is 9.90 Å². The molecule has 1 aromatic carbocycles. The number of carbonyl (C=O) groups is 1. The van der Waals surface area contributed by atoms with Gasteiger partial charge in [0.2, 0.25) is 5.91 Å². The number of benzene rings is 1. The van der Waals surface area contributed by atoms with E-state index in [2.05, 4.69) is 5.32 Å². The van der Waals surface area contributed by atoms with Gasteiger partial charge in [-0.15, -0.1) is 0 Å². The van der Waals surface area contributed by atoms with Crippen LogP contribution in [0.4, 0.5) is 0 Å². The Balaban J connectivity index is 1.82. The van der Waals surface area contributed by atoms with Crippen LogP contribution in [-0.4, -0.2) is 23.7 Å². The van der Waals surface area contributed by atoms with Crippen molar-refractivity contribution in [3.8, 4) is 0 Å². The fourth-order valence-electron chi connectivity index (χ4n) is 1.90. The third kappa shape index (κ3) is 3.30. The van der Waals surface area contributed by atoms with Crippen LogP contribution >= 0.6 is 0 Å². The molecule has 2 atom stereocenters. The molecule has 92 valence electrons. The van der Waals surface area contributed by atoms with E-state index in [1.54, 1.807) is 0 Å². The minimum absolute atomic E-state index is 0.0177. The van der Waals surface area contributed by atoms with Crippen molar-refractivity contribution in [2.75, 3.05) is 6.54 Å². The van der Waals surface area contributed by atoms with Crippen LogP contribution in [0, 0.1) is 5.92 Å². The first-order valence-electron chi connectivity index (χ1n) is 6.19. The second kappa shape index (κ2) is 5.32. The maximum Gasteiger partial charge on any atom is 0.227 e. The minimum atomic E-state index is -0.373. The van der Waals surface area contributed by atoms with E-state index < -0.39 is 0 Å². The Morgan fingerprint density at radius 1 is 1.41 bits per heavy atom. The maximum absolute atomic E-state index is 11.9. The SMILES string of the molecule is C[C@@H](C(=O)NC[C@H](O)C1CC1)c1ccccc1. The highest BCUT2D eigenvalue weighted by molar-refractivity contribution is 5.83. The molecule has 3 heteroatoms. The highest BCUT2D eigenvalue weighted by Gasteiger charge is 2.30. The molecule has 0 bridgehead atoms. The van der Waals surface area contributed by atoms with E-state index in [1.165, 1.54) is 0 Å². The standard InChI is InChI=1S/C14H19NO2/c1-10(11-5-3-2-4-6-11)14(17)15-9-13(16)12-7-8-12/h2-6,10,12-13,16H,7-9H2,1H3,(H,15,17)/t10-,13+/m1/s1. The quantitative estimate of drug-likeness (QED) is 0.813. The van der Waals surface area contributed by atoms with Crippen LogP contribution in [0.15, 0.2) is 30.3 Å². The Bertz CT molecular complexity index is 373. The second-order valence-corrected chi connectivity index (χ2v) is 4.78. The average molecular weight is 233 g/mol. The summed E-state index contributed by atoms with van der Waals surface area (Å²) in [7, 11) is 0. The van der Waals surface area contributed by atoms with Crippen molar-refractivity contribution in [1.82, 2.24) is 5.32 Å². The van der Waals surface area contributed by atoms with Crippen LogP contribution < -0.4 is 5.32 Å². The van der Waals surface area contributed by atoms with E-state index in [1.807, 2.05) is 37.3 Å². The van der Waals surface area contributed by atoms with Gasteiger partial charge in [0.05, 0.1) is 12.0 Å². The van der Waals surface area contributed by atoms with Crippen LogP contribution in [-0.2, 0) is 4.79 Å². The van der Waals surface area contributed by atoms with E-state index in [4.69, 9.17) is 0 Å². The molecule has 0 saturated heterocycles. The Morgan fingerprint density at radius 3 is 2.65 bits per heavy atom. The third-order valence-corrected chi connectivity index (χ3v) is 3.34. The zero-order valence-corrected chi connectivity index (χ0v) is 10.1. The van der Waals surface area contributed by atoms with Gasteiger partial charge in [0.1, 0.15) is 0 Å². The number of carbonyl (C=O) groups excluding carboxylic acids is 1. The lowest BCUT2D eigenvalue weighted by molar-refractivity contribution is -0.122. The maximum atomic E-state index is 11.9. The van der Waals surface area contributed by atoms with Gasteiger partial charge in [-0.1, -0.05) is 30.3 Å². The van der Waals surface area contributed by atoms with Crippen molar-refractivity contribution in [2.45, 2.75) is 31.8 Å². The molecular weight excluding hydrogens is 214 g/mol. The first-order chi connectivity index (χ1) is 8.18. The number of aliphatic hydroxyl groups excluding tert-OH is 1. The lowest BCUT2D eigenvalue weighted by Gasteiger charge is -2.15. The number of nitrogens with one attached hydrogen (secondary N) is 1. The molecule has 0 heterocycles. The van der Waals surface area contributed by atoms with Crippen LogP contribution in [0.3, 0.4) is 0 Å². The van der Waals surface area contributed by atoms with Crippen LogP contribution in [0.5, 0.6) is 0 Å². The molecule has 1 aliphatic carbocycles. The first-order valence-corrected chi connectivity index (χ1v) is 6.19. The molecule has 1 fully saturated rings. The van der Waals surface area contributed by atoms with Gasteiger partial charge in [-0.2, -0.15) is 0 Å². The van der Waals surface area contributed by atoms with Crippen LogP contribution in [0.2, 0.25) is 0 Å². The molecule has 2 rings (SSSR count). The molecule has 1 saturated carbocycles. The average Bonchev–Trinajstić information content (AvgIpc) is 3.20. The molecule has 1 aliphatic rings. The highest BCUT2D eigenvalue weighted by atomic mass is 16.3. The summed E-state index contributed by atoms with van der Waals surface area (Å²) in [5.41, 5.74) is 1.01. The van der Waals surface area contributed by atoms with E-state index in [0.29, 0.717) is 12.5 Å². The number of amides is 1. The molecular formula is C14H19NO2. The predicted octanol–water partition coefficient (Wildman–Crippen LogP) is 1.68.